The minimum atomic E-state index is 1.02. The smallest absolute Gasteiger partial charge is 0.0452 e. The molecule has 2 rings (SSSR count). The van der Waals surface area contributed by atoms with Crippen LogP contribution in [0.5, 0.6) is 0 Å². The average Bonchev–Trinajstić information content (AvgIpc) is 2.60. The summed E-state index contributed by atoms with van der Waals surface area (Å²) >= 11 is 0. The molecular weight excluding hydrogens is 194 g/mol. The van der Waals surface area contributed by atoms with E-state index in [4.69, 9.17) is 0 Å². The van der Waals surface area contributed by atoms with Crippen molar-refractivity contribution in [3.05, 3.63) is 53.9 Å². The number of nitrogens with one attached hydrogen (secondary N) is 1. The Morgan fingerprint density at radius 1 is 1.25 bits per heavy atom. The van der Waals surface area contributed by atoms with Crippen LogP contribution in [0.25, 0.3) is 5.57 Å². The van der Waals surface area contributed by atoms with Gasteiger partial charge in [0.15, 0.2) is 0 Å². The van der Waals surface area contributed by atoms with Crippen molar-refractivity contribution in [3.8, 4) is 0 Å². The van der Waals surface area contributed by atoms with Crippen molar-refractivity contribution in [1.29, 1.82) is 0 Å². The average molecular weight is 213 g/mol. The molecule has 0 unspecified atom stereocenters. The molecule has 0 atom stereocenters. The van der Waals surface area contributed by atoms with E-state index in [-0.39, 0.29) is 0 Å². The molecule has 0 bridgehead atoms. The molecule has 0 saturated heterocycles. The molecule has 1 nitrogen and oxygen atoms in total. The largest absolute Gasteiger partial charge is 0.358 e. The highest BCUT2D eigenvalue weighted by Gasteiger charge is 2.02. The van der Waals surface area contributed by atoms with Gasteiger partial charge in [0, 0.05) is 11.4 Å². The molecule has 16 heavy (non-hydrogen) atoms. The highest BCUT2D eigenvalue weighted by Crippen LogP contribution is 2.18. The van der Waals surface area contributed by atoms with E-state index >= 15 is 0 Å². The van der Waals surface area contributed by atoms with Crippen molar-refractivity contribution in [2.45, 2.75) is 32.6 Å². The van der Waals surface area contributed by atoms with E-state index in [1.54, 1.807) is 0 Å². The van der Waals surface area contributed by atoms with Gasteiger partial charge in [0.1, 0.15) is 0 Å². The van der Waals surface area contributed by atoms with Crippen molar-refractivity contribution >= 4 is 5.57 Å². The van der Waals surface area contributed by atoms with Gasteiger partial charge in [0.2, 0.25) is 0 Å². The van der Waals surface area contributed by atoms with Crippen molar-refractivity contribution in [3.63, 3.8) is 0 Å². The monoisotopic (exact) mass is 213 g/mol. The molecule has 1 N–H and O–H groups in total. The number of aromatic amines is 1. The predicted molar refractivity (Wildman–Crippen MR) is 70.3 cm³/mol. The number of hydrogen-bond donors (Lipinski definition) is 1. The summed E-state index contributed by atoms with van der Waals surface area (Å²) in [4.78, 5) is 3.50. The van der Waals surface area contributed by atoms with E-state index in [0.29, 0.717) is 0 Å². The molecule has 0 aromatic carbocycles. The van der Waals surface area contributed by atoms with Crippen LogP contribution in [-0.4, -0.2) is 4.98 Å². The molecule has 0 saturated carbocycles. The van der Waals surface area contributed by atoms with Crippen LogP contribution in [0.15, 0.2) is 42.5 Å². The second-order valence-electron chi connectivity index (χ2n) is 4.18. The Hall–Kier alpha value is -1.50. The number of rotatable bonds is 4. The van der Waals surface area contributed by atoms with Gasteiger partial charge >= 0.3 is 0 Å². The van der Waals surface area contributed by atoms with Gasteiger partial charge in [0.25, 0.3) is 0 Å². The lowest BCUT2D eigenvalue weighted by atomic mass is 10.1. The van der Waals surface area contributed by atoms with Crippen molar-refractivity contribution in [2.24, 2.45) is 0 Å². The molecule has 1 aliphatic rings. The second-order valence-corrected chi connectivity index (χ2v) is 4.18. The van der Waals surface area contributed by atoms with Gasteiger partial charge in [-0.1, -0.05) is 43.7 Å². The number of H-pyrrole nitrogens is 1. The van der Waals surface area contributed by atoms with E-state index in [1.807, 2.05) is 0 Å². The normalized spacial score (nSPS) is 14.9. The maximum absolute atomic E-state index is 3.50. The van der Waals surface area contributed by atoms with E-state index < -0.39 is 0 Å². The standard InChI is InChI=1S/C15H19N/c1-2-3-10-14-11-12-15(16-14)13-8-6-4-5-7-9-13/h4-6,8-9,11-12,16H,2-3,7,10H2,1H3. The van der Waals surface area contributed by atoms with Crippen LogP contribution >= 0.6 is 0 Å². The number of hydrogen-bond acceptors (Lipinski definition) is 0. The maximum Gasteiger partial charge on any atom is 0.0452 e. The lowest BCUT2D eigenvalue weighted by Gasteiger charge is -1.99. The van der Waals surface area contributed by atoms with Crippen LogP contribution < -0.4 is 0 Å². The summed E-state index contributed by atoms with van der Waals surface area (Å²) in [7, 11) is 0. The summed E-state index contributed by atoms with van der Waals surface area (Å²) in [5.74, 6) is 0. The minimum Gasteiger partial charge on any atom is -0.358 e. The Morgan fingerprint density at radius 2 is 2.19 bits per heavy atom. The fraction of sp³-hybridized carbons (Fsp3) is 0.333. The fourth-order valence-corrected chi connectivity index (χ4v) is 1.90. The lowest BCUT2D eigenvalue weighted by Crippen LogP contribution is -1.86. The van der Waals surface area contributed by atoms with Crippen LogP contribution in [0.4, 0.5) is 0 Å². The molecule has 1 aliphatic carbocycles. The molecule has 0 amide bonds. The Labute approximate surface area is 97.6 Å². The molecule has 1 aromatic heterocycles. The van der Waals surface area contributed by atoms with Gasteiger partial charge in [0.05, 0.1) is 0 Å². The second kappa shape index (κ2) is 5.55. The van der Waals surface area contributed by atoms with Gasteiger partial charge < -0.3 is 4.98 Å². The summed E-state index contributed by atoms with van der Waals surface area (Å²) in [6.45, 7) is 2.23. The number of unbranched alkanes of at least 4 members (excludes halogenated alkanes) is 1. The third kappa shape index (κ3) is 2.75. The van der Waals surface area contributed by atoms with Crippen LogP contribution in [0.3, 0.4) is 0 Å². The van der Waals surface area contributed by atoms with Crippen molar-refractivity contribution < 1.29 is 0 Å². The Morgan fingerprint density at radius 3 is 3.06 bits per heavy atom. The van der Waals surface area contributed by atoms with Crippen LogP contribution in [-0.2, 0) is 6.42 Å². The van der Waals surface area contributed by atoms with Crippen LogP contribution in [0, 0.1) is 0 Å². The van der Waals surface area contributed by atoms with Crippen LogP contribution in [0.1, 0.15) is 37.6 Å². The first-order valence-electron chi connectivity index (χ1n) is 6.12. The third-order valence-corrected chi connectivity index (χ3v) is 2.85. The summed E-state index contributed by atoms with van der Waals surface area (Å²) in [6, 6.07) is 4.39. The van der Waals surface area contributed by atoms with Gasteiger partial charge in [-0.05, 0) is 37.0 Å². The molecule has 0 aliphatic heterocycles. The number of allylic oxidation sites excluding steroid dienone is 6. The Bertz CT molecular complexity index is 418. The van der Waals surface area contributed by atoms with Crippen molar-refractivity contribution in [2.75, 3.05) is 0 Å². The molecule has 1 aromatic rings. The quantitative estimate of drug-likeness (QED) is 0.769. The van der Waals surface area contributed by atoms with E-state index in [0.717, 1.165) is 12.8 Å². The van der Waals surface area contributed by atoms with Crippen LogP contribution in [0.2, 0.25) is 0 Å². The highest BCUT2D eigenvalue weighted by atomic mass is 14.7. The fourth-order valence-electron chi connectivity index (χ4n) is 1.90. The van der Waals surface area contributed by atoms with E-state index in [1.165, 1.54) is 29.8 Å². The van der Waals surface area contributed by atoms with Gasteiger partial charge in [-0.15, -0.1) is 0 Å². The minimum absolute atomic E-state index is 1.02. The van der Waals surface area contributed by atoms with E-state index in [2.05, 4.69) is 54.4 Å². The molecule has 0 fully saturated rings. The first-order chi connectivity index (χ1) is 7.90. The molecule has 84 valence electrons. The molecule has 0 spiro atoms. The summed E-state index contributed by atoms with van der Waals surface area (Å²) in [5.41, 5.74) is 3.89. The van der Waals surface area contributed by atoms with Gasteiger partial charge in [-0.25, -0.2) is 0 Å². The zero-order valence-corrected chi connectivity index (χ0v) is 9.87. The third-order valence-electron chi connectivity index (χ3n) is 2.85. The first-order valence-corrected chi connectivity index (χ1v) is 6.12. The zero-order valence-electron chi connectivity index (χ0n) is 9.87. The highest BCUT2D eigenvalue weighted by molar-refractivity contribution is 5.73. The predicted octanol–water partition coefficient (Wildman–Crippen LogP) is 4.26. The van der Waals surface area contributed by atoms with E-state index in [9.17, 15) is 0 Å². The Balaban J connectivity index is 2.09. The summed E-state index contributed by atoms with van der Waals surface area (Å²) in [5, 5.41) is 0. The Kier molecular flexibility index (Phi) is 3.81. The topological polar surface area (TPSA) is 15.8 Å². The number of aromatic nitrogens is 1. The SMILES string of the molecule is CCCCc1ccc(C2=CCC=CC=C2)[nH]1. The molecule has 0 radical (unpaired) electrons. The number of aryl methyl sites for hydroxylation is 1. The summed E-state index contributed by atoms with van der Waals surface area (Å²) in [6.07, 6.45) is 15.5. The molecule has 1 heteroatoms. The lowest BCUT2D eigenvalue weighted by molar-refractivity contribution is 0.780. The molecule has 1 heterocycles. The van der Waals surface area contributed by atoms with Crippen molar-refractivity contribution in [1.82, 2.24) is 4.98 Å². The van der Waals surface area contributed by atoms with Gasteiger partial charge in [-0.3, -0.25) is 0 Å². The first kappa shape index (κ1) is 11.0. The van der Waals surface area contributed by atoms with Gasteiger partial charge in [-0.2, -0.15) is 0 Å². The zero-order chi connectivity index (χ0) is 11.2. The summed E-state index contributed by atoms with van der Waals surface area (Å²) < 4.78 is 0. The molecular formula is C15H19N. The maximum atomic E-state index is 3.50.